The maximum Gasteiger partial charge on any atom is 0.435 e. The average molecular weight is 346 g/mol. The van der Waals surface area contributed by atoms with Crippen molar-refractivity contribution < 1.29 is 30.7 Å². The molecule has 0 amide bonds. The molecule has 0 fully saturated rings. The topological polar surface area (TPSA) is 0 Å². The third-order valence-electron chi connectivity index (χ3n) is 3.88. The van der Waals surface area contributed by atoms with E-state index in [4.69, 9.17) is 0 Å². The summed E-state index contributed by atoms with van der Waals surface area (Å²) in [5.41, 5.74) is -6.90. The summed E-state index contributed by atoms with van der Waals surface area (Å²) in [5.74, 6) is 0. The molecule has 0 heterocycles. The Kier molecular flexibility index (Phi) is 3.51. The fourth-order valence-corrected chi connectivity index (χ4v) is 2.64. The summed E-state index contributed by atoms with van der Waals surface area (Å²) in [4.78, 5) is 0. The predicted octanol–water partition coefficient (Wildman–Crippen LogP) is 6.28. The maximum atomic E-state index is 14.1. The summed E-state index contributed by atoms with van der Waals surface area (Å²) >= 11 is 0. The highest BCUT2D eigenvalue weighted by molar-refractivity contribution is 5.98. The molecule has 126 valence electrons. The van der Waals surface area contributed by atoms with Crippen LogP contribution in [-0.4, -0.2) is 12.4 Å². The zero-order valence-electron chi connectivity index (χ0n) is 11.8. The van der Waals surface area contributed by atoms with E-state index in [2.05, 4.69) is 0 Å². The Hall–Kier alpha value is -2.31. The van der Waals surface area contributed by atoms with Gasteiger partial charge in [-0.15, -0.1) is 0 Å². The number of alkyl halides is 7. The van der Waals surface area contributed by atoms with Gasteiger partial charge < -0.3 is 0 Å². The van der Waals surface area contributed by atoms with Gasteiger partial charge >= 0.3 is 18.0 Å². The first-order valence-electron chi connectivity index (χ1n) is 6.79. The molecule has 0 N–H and O–H groups in total. The minimum absolute atomic E-state index is 0.0988. The first kappa shape index (κ1) is 16.5. The number of fused-ring (bicyclic) bond motifs is 2. The highest BCUT2D eigenvalue weighted by atomic mass is 19.4. The second-order valence-corrected chi connectivity index (χ2v) is 5.42. The normalized spacial score (nSPS) is 13.6. The molecular formula is C17H9F7. The van der Waals surface area contributed by atoms with Crippen molar-refractivity contribution in [2.45, 2.75) is 18.0 Å². The van der Waals surface area contributed by atoms with Crippen molar-refractivity contribution in [3.63, 3.8) is 0 Å². The van der Waals surface area contributed by atoms with Gasteiger partial charge in [0.2, 0.25) is 0 Å². The number of benzene rings is 3. The Morgan fingerprint density at radius 2 is 0.958 bits per heavy atom. The largest absolute Gasteiger partial charge is 0.435 e. The van der Waals surface area contributed by atoms with Gasteiger partial charge in [-0.25, -0.2) is 4.39 Å². The number of halogens is 7. The van der Waals surface area contributed by atoms with Crippen LogP contribution < -0.4 is 0 Å². The van der Waals surface area contributed by atoms with Crippen LogP contribution in [0.25, 0.3) is 21.5 Å². The van der Waals surface area contributed by atoms with Crippen molar-refractivity contribution >= 4 is 21.5 Å². The summed E-state index contributed by atoms with van der Waals surface area (Å²) in [6.07, 6.45) is -12.2. The molecule has 0 aliphatic heterocycles. The van der Waals surface area contributed by atoms with Gasteiger partial charge in [0.1, 0.15) is 0 Å². The molecule has 3 aromatic rings. The van der Waals surface area contributed by atoms with Gasteiger partial charge in [0.15, 0.2) is 0 Å². The lowest BCUT2D eigenvalue weighted by Crippen LogP contribution is -2.50. The van der Waals surface area contributed by atoms with E-state index in [1.54, 1.807) is 30.3 Å². The van der Waals surface area contributed by atoms with Gasteiger partial charge in [-0.2, -0.15) is 26.3 Å². The summed E-state index contributed by atoms with van der Waals surface area (Å²) in [6.45, 7) is 0. The highest BCUT2D eigenvalue weighted by Gasteiger charge is 2.73. The zero-order chi connectivity index (χ0) is 17.8. The van der Waals surface area contributed by atoms with Crippen molar-refractivity contribution in [1.29, 1.82) is 0 Å². The fraction of sp³-hybridized carbons (Fsp3) is 0.176. The molecule has 7 heteroatoms. The molecule has 0 nitrogen and oxygen atoms in total. The lowest BCUT2D eigenvalue weighted by molar-refractivity contribution is -0.348. The van der Waals surface area contributed by atoms with Crippen LogP contribution in [-0.2, 0) is 5.67 Å². The van der Waals surface area contributed by atoms with E-state index in [9.17, 15) is 30.7 Å². The molecule has 0 aliphatic rings. The lowest BCUT2D eigenvalue weighted by atomic mass is 9.91. The molecule has 0 spiro atoms. The van der Waals surface area contributed by atoms with E-state index in [1.807, 2.05) is 0 Å². The van der Waals surface area contributed by atoms with Crippen LogP contribution in [0.15, 0.2) is 54.6 Å². The smallest absolute Gasteiger partial charge is 0.218 e. The summed E-state index contributed by atoms with van der Waals surface area (Å²) in [6, 6.07) is 12.1. The predicted molar refractivity (Wildman–Crippen MR) is 76.4 cm³/mol. The van der Waals surface area contributed by atoms with Gasteiger partial charge in [-0.05, 0) is 39.7 Å². The van der Waals surface area contributed by atoms with E-state index in [1.165, 1.54) is 6.07 Å². The molecule has 0 saturated heterocycles. The van der Waals surface area contributed by atoms with Gasteiger partial charge in [0, 0.05) is 5.56 Å². The van der Waals surface area contributed by atoms with Crippen LogP contribution >= 0.6 is 0 Å². The first-order chi connectivity index (χ1) is 11.0. The summed E-state index contributed by atoms with van der Waals surface area (Å²) in [7, 11) is 0. The highest BCUT2D eigenvalue weighted by Crippen LogP contribution is 2.53. The molecule has 0 atom stereocenters. The number of hydrogen-bond acceptors (Lipinski definition) is 0. The van der Waals surface area contributed by atoms with Gasteiger partial charge in [-0.1, -0.05) is 36.4 Å². The second-order valence-electron chi connectivity index (χ2n) is 5.42. The molecule has 3 aromatic carbocycles. The van der Waals surface area contributed by atoms with E-state index >= 15 is 0 Å². The molecule has 0 bridgehead atoms. The monoisotopic (exact) mass is 346 g/mol. The van der Waals surface area contributed by atoms with E-state index in [0.29, 0.717) is 22.9 Å². The van der Waals surface area contributed by atoms with Crippen LogP contribution in [0.3, 0.4) is 0 Å². The molecule has 0 saturated carbocycles. The fourth-order valence-electron chi connectivity index (χ4n) is 2.64. The average Bonchev–Trinajstić information content (AvgIpc) is 2.49. The van der Waals surface area contributed by atoms with Crippen LogP contribution in [0.5, 0.6) is 0 Å². The molecule has 0 radical (unpaired) electrons. The number of hydrogen-bond donors (Lipinski definition) is 0. The van der Waals surface area contributed by atoms with Crippen molar-refractivity contribution in [2.75, 3.05) is 0 Å². The van der Waals surface area contributed by atoms with Gasteiger partial charge in [0.05, 0.1) is 0 Å². The molecule has 0 unspecified atom stereocenters. The Labute approximate surface area is 131 Å². The van der Waals surface area contributed by atoms with Gasteiger partial charge in [-0.3, -0.25) is 0 Å². The SMILES string of the molecule is FC(F)(F)C(F)(c1ccc2cc3ccccc3cc2c1)C(F)(F)F. The van der Waals surface area contributed by atoms with Crippen molar-refractivity contribution in [3.8, 4) is 0 Å². The minimum Gasteiger partial charge on any atom is -0.218 e. The second kappa shape index (κ2) is 5.09. The molecule has 0 aromatic heterocycles. The first-order valence-corrected chi connectivity index (χ1v) is 6.79. The third-order valence-corrected chi connectivity index (χ3v) is 3.88. The molecule has 3 rings (SSSR count). The Morgan fingerprint density at radius 1 is 0.500 bits per heavy atom. The Bertz CT molecular complexity index is 892. The van der Waals surface area contributed by atoms with Crippen molar-refractivity contribution in [1.82, 2.24) is 0 Å². The molecular weight excluding hydrogens is 337 g/mol. The van der Waals surface area contributed by atoms with E-state index < -0.39 is 23.6 Å². The van der Waals surface area contributed by atoms with Crippen LogP contribution in [0, 0.1) is 0 Å². The zero-order valence-corrected chi connectivity index (χ0v) is 11.8. The summed E-state index contributed by atoms with van der Waals surface area (Å²) in [5, 5.41) is 1.92. The Balaban J connectivity index is 2.27. The number of rotatable bonds is 1. The lowest BCUT2D eigenvalue weighted by Gasteiger charge is -2.30. The molecule has 0 aliphatic carbocycles. The third kappa shape index (κ3) is 2.39. The quantitative estimate of drug-likeness (QED) is 0.359. The maximum absolute atomic E-state index is 14.1. The van der Waals surface area contributed by atoms with Crippen LogP contribution in [0.2, 0.25) is 0 Å². The van der Waals surface area contributed by atoms with Crippen LogP contribution in [0.1, 0.15) is 5.56 Å². The van der Waals surface area contributed by atoms with Crippen LogP contribution in [0.4, 0.5) is 30.7 Å². The van der Waals surface area contributed by atoms with Gasteiger partial charge in [0.25, 0.3) is 0 Å². The molecule has 24 heavy (non-hydrogen) atoms. The minimum atomic E-state index is -6.12. The van der Waals surface area contributed by atoms with E-state index in [-0.39, 0.29) is 5.39 Å². The van der Waals surface area contributed by atoms with E-state index in [0.717, 1.165) is 11.5 Å². The van der Waals surface area contributed by atoms with Crippen molar-refractivity contribution in [3.05, 3.63) is 60.2 Å². The summed E-state index contributed by atoms with van der Waals surface area (Å²) < 4.78 is 91.2. The van der Waals surface area contributed by atoms with Crippen molar-refractivity contribution in [2.24, 2.45) is 0 Å². The Morgan fingerprint density at radius 3 is 1.46 bits per heavy atom. The standard InChI is InChI=1S/C17H9F7/c18-15(16(19,20)21,17(22,23)24)14-6-5-12-7-10-3-1-2-4-11(10)8-13(12)9-14/h1-9H.